The van der Waals surface area contributed by atoms with Crippen molar-refractivity contribution in [1.82, 2.24) is 15.1 Å². The summed E-state index contributed by atoms with van der Waals surface area (Å²) in [5, 5.41) is 7.77. The Morgan fingerprint density at radius 2 is 2.19 bits per heavy atom. The van der Waals surface area contributed by atoms with Crippen LogP contribution < -0.4 is 5.32 Å². The predicted octanol–water partition coefficient (Wildman–Crippen LogP) is 2.52. The van der Waals surface area contributed by atoms with Crippen molar-refractivity contribution in [1.29, 1.82) is 0 Å². The number of nitrogens with one attached hydrogen (secondary N) is 1. The van der Waals surface area contributed by atoms with Gasteiger partial charge in [0.15, 0.2) is 0 Å². The van der Waals surface area contributed by atoms with Crippen molar-refractivity contribution in [3.8, 4) is 0 Å². The van der Waals surface area contributed by atoms with Crippen molar-refractivity contribution in [2.24, 2.45) is 7.05 Å². The molecule has 0 fully saturated rings. The summed E-state index contributed by atoms with van der Waals surface area (Å²) in [5.41, 5.74) is 1.35. The zero-order valence-electron chi connectivity index (χ0n) is 10.9. The molecule has 0 aliphatic rings. The third kappa shape index (κ3) is 4.79. The summed E-state index contributed by atoms with van der Waals surface area (Å²) in [6.45, 7) is 5.51. The molecule has 0 spiro atoms. The van der Waals surface area contributed by atoms with Gasteiger partial charge in [-0.25, -0.2) is 0 Å². The largest absolute Gasteiger partial charge is 0.314 e. The van der Waals surface area contributed by atoms with Crippen molar-refractivity contribution in [3.05, 3.63) is 18.0 Å². The van der Waals surface area contributed by atoms with E-state index in [-0.39, 0.29) is 0 Å². The number of unbranched alkanes of at least 4 members (excludes halogenated alkanes) is 1. The first-order chi connectivity index (χ1) is 7.76. The lowest BCUT2D eigenvalue weighted by molar-refractivity contribution is 0.449. The third-order valence-electron chi connectivity index (χ3n) is 2.94. The molecule has 0 bridgehead atoms. The van der Waals surface area contributed by atoms with E-state index < -0.39 is 0 Å². The van der Waals surface area contributed by atoms with Crippen LogP contribution in [0.3, 0.4) is 0 Å². The van der Waals surface area contributed by atoms with E-state index in [4.69, 9.17) is 0 Å². The fourth-order valence-electron chi connectivity index (χ4n) is 2.03. The third-order valence-corrected chi connectivity index (χ3v) is 2.94. The highest BCUT2D eigenvalue weighted by Gasteiger charge is 2.07. The molecule has 1 aromatic rings. The monoisotopic (exact) mass is 223 g/mol. The second kappa shape index (κ2) is 7.44. The summed E-state index contributed by atoms with van der Waals surface area (Å²) in [7, 11) is 1.97. The molecule has 0 aromatic carbocycles. The molecule has 0 aliphatic carbocycles. The van der Waals surface area contributed by atoms with Crippen LogP contribution in [0.15, 0.2) is 12.4 Å². The molecule has 0 aliphatic heterocycles. The zero-order chi connectivity index (χ0) is 11.8. The molecule has 1 N–H and O–H groups in total. The maximum absolute atomic E-state index is 4.20. The molecular formula is C13H25N3. The van der Waals surface area contributed by atoms with Crippen LogP contribution in [-0.4, -0.2) is 22.4 Å². The summed E-state index contributed by atoms with van der Waals surface area (Å²) in [6, 6.07) is 0.671. The van der Waals surface area contributed by atoms with Gasteiger partial charge in [0.05, 0.1) is 6.20 Å². The van der Waals surface area contributed by atoms with Crippen LogP contribution in [0.4, 0.5) is 0 Å². The van der Waals surface area contributed by atoms with Gasteiger partial charge in [0, 0.05) is 19.3 Å². The van der Waals surface area contributed by atoms with Gasteiger partial charge in [-0.15, -0.1) is 0 Å². The normalized spacial score (nSPS) is 12.9. The molecule has 3 nitrogen and oxygen atoms in total. The molecule has 1 unspecified atom stereocenters. The number of hydrogen-bond acceptors (Lipinski definition) is 2. The topological polar surface area (TPSA) is 29.9 Å². The van der Waals surface area contributed by atoms with Crippen LogP contribution in [0.2, 0.25) is 0 Å². The number of nitrogens with zero attached hydrogens (tertiary/aromatic N) is 2. The Morgan fingerprint density at radius 1 is 1.38 bits per heavy atom. The van der Waals surface area contributed by atoms with Gasteiger partial charge in [-0.1, -0.05) is 26.7 Å². The quantitative estimate of drug-likeness (QED) is 0.734. The van der Waals surface area contributed by atoms with E-state index in [2.05, 4.69) is 30.5 Å². The molecule has 0 radical (unpaired) electrons. The SMILES string of the molecule is CCCCC(CCc1cnn(C)c1)NCC. The molecular weight excluding hydrogens is 198 g/mol. The van der Waals surface area contributed by atoms with Gasteiger partial charge in [-0.05, 0) is 31.4 Å². The molecule has 1 rings (SSSR count). The first kappa shape index (κ1) is 13.2. The summed E-state index contributed by atoms with van der Waals surface area (Å²) in [4.78, 5) is 0. The van der Waals surface area contributed by atoms with Crippen molar-refractivity contribution in [2.75, 3.05) is 6.54 Å². The Balaban J connectivity index is 2.30. The average Bonchev–Trinajstić information content (AvgIpc) is 2.68. The van der Waals surface area contributed by atoms with Gasteiger partial charge >= 0.3 is 0 Å². The minimum absolute atomic E-state index is 0.671. The molecule has 16 heavy (non-hydrogen) atoms. The lowest BCUT2D eigenvalue weighted by Gasteiger charge is -2.16. The first-order valence-electron chi connectivity index (χ1n) is 6.47. The fraction of sp³-hybridized carbons (Fsp3) is 0.769. The molecule has 0 saturated heterocycles. The summed E-state index contributed by atoms with van der Waals surface area (Å²) >= 11 is 0. The van der Waals surface area contributed by atoms with Crippen LogP contribution in [0, 0.1) is 0 Å². The molecule has 1 heterocycles. The lowest BCUT2D eigenvalue weighted by Crippen LogP contribution is -2.29. The Hall–Kier alpha value is -0.830. The maximum Gasteiger partial charge on any atom is 0.0521 e. The van der Waals surface area contributed by atoms with Gasteiger partial charge in [-0.2, -0.15) is 5.10 Å². The smallest absolute Gasteiger partial charge is 0.0521 e. The minimum atomic E-state index is 0.671. The Labute approximate surface area is 99.2 Å². The second-order valence-electron chi connectivity index (χ2n) is 4.46. The molecule has 3 heteroatoms. The number of aryl methyl sites for hydroxylation is 2. The van der Waals surface area contributed by atoms with E-state index >= 15 is 0 Å². The second-order valence-corrected chi connectivity index (χ2v) is 4.46. The highest BCUT2D eigenvalue weighted by Crippen LogP contribution is 2.09. The van der Waals surface area contributed by atoms with E-state index in [9.17, 15) is 0 Å². The van der Waals surface area contributed by atoms with Gasteiger partial charge in [-0.3, -0.25) is 4.68 Å². The lowest BCUT2D eigenvalue weighted by atomic mass is 10.0. The van der Waals surface area contributed by atoms with E-state index in [0.717, 1.165) is 13.0 Å². The van der Waals surface area contributed by atoms with E-state index in [0.29, 0.717) is 6.04 Å². The maximum atomic E-state index is 4.20. The van der Waals surface area contributed by atoms with Gasteiger partial charge < -0.3 is 5.32 Å². The van der Waals surface area contributed by atoms with Crippen LogP contribution in [0.5, 0.6) is 0 Å². The molecule has 1 atom stereocenters. The summed E-state index contributed by atoms with van der Waals surface area (Å²) < 4.78 is 1.88. The Bertz CT molecular complexity index is 280. The molecule has 1 aromatic heterocycles. The van der Waals surface area contributed by atoms with Gasteiger partial charge in [0.1, 0.15) is 0 Å². The first-order valence-corrected chi connectivity index (χ1v) is 6.47. The highest BCUT2D eigenvalue weighted by molar-refractivity contribution is 5.03. The van der Waals surface area contributed by atoms with Crippen LogP contribution in [0.25, 0.3) is 0 Å². The Kier molecular flexibility index (Phi) is 6.16. The number of aromatic nitrogens is 2. The van der Waals surface area contributed by atoms with Crippen LogP contribution in [0.1, 0.15) is 45.1 Å². The number of rotatable bonds is 8. The standard InChI is InChI=1S/C13H25N3/c1-4-6-7-13(14-5-2)9-8-12-10-15-16(3)11-12/h10-11,13-14H,4-9H2,1-3H3. The van der Waals surface area contributed by atoms with Crippen molar-refractivity contribution in [2.45, 2.75) is 52.0 Å². The zero-order valence-corrected chi connectivity index (χ0v) is 10.9. The molecule has 92 valence electrons. The molecule has 0 saturated carbocycles. The number of hydrogen-bond donors (Lipinski definition) is 1. The van der Waals surface area contributed by atoms with Crippen molar-refractivity contribution >= 4 is 0 Å². The predicted molar refractivity (Wildman–Crippen MR) is 68.5 cm³/mol. The van der Waals surface area contributed by atoms with Gasteiger partial charge in [0.25, 0.3) is 0 Å². The highest BCUT2D eigenvalue weighted by atomic mass is 15.2. The van der Waals surface area contributed by atoms with E-state index in [1.165, 1.54) is 31.2 Å². The van der Waals surface area contributed by atoms with Crippen molar-refractivity contribution < 1.29 is 0 Å². The summed E-state index contributed by atoms with van der Waals surface area (Å²) in [6.07, 6.45) is 10.4. The van der Waals surface area contributed by atoms with E-state index in [1.807, 2.05) is 17.9 Å². The van der Waals surface area contributed by atoms with Crippen molar-refractivity contribution in [3.63, 3.8) is 0 Å². The molecule has 0 amide bonds. The minimum Gasteiger partial charge on any atom is -0.314 e. The average molecular weight is 223 g/mol. The fourth-order valence-corrected chi connectivity index (χ4v) is 2.03. The Morgan fingerprint density at radius 3 is 2.75 bits per heavy atom. The summed E-state index contributed by atoms with van der Waals surface area (Å²) in [5.74, 6) is 0. The van der Waals surface area contributed by atoms with E-state index in [1.54, 1.807) is 0 Å². The van der Waals surface area contributed by atoms with Crippen LogP contribution >= 0.6 is 0 Å². The van der Waals surface area contributed by atoms with Gasteiger partial charge in [0.2, 0.25) is 0 Å². The van der Waals surface area contributed by atoms with Crippen LogP contribution in [-0.2, 0) is 13.5 Å².